The fourth-order valence-electron chi connectivity index (χ4n) is 3.32. The molecule has 0 unspecified atom stereocenters. The third-order valence-corrected chi connectivity index (χ3v) is 4.18. The number of hydrogen-bond acceptors (Lipinski definition) is 3. The molecule has 2 bridgehead atoms. The zero-order valence-corrected chi connectivity index (χ0v) is 10.1. The lowest BCUT2D eigenvalue weighted by Gasteiger charge is -2.35. The predicted octanol–water partition coefficient (Wildman–Crippen LogP) is 1.66. The average Bonchev–Trinajstić information content (AvgIpc) is 2.78. The molecule has 2 heterocycles. The average molecular weight is 233 g/mol. The Morgan fingerprint density at radius 2 is 2.12 bits per heavy atom. The topological polar surface area (TPSA) is 41.5 Å². The maximum atomic E-state index is 10.4. The molecule has 0 aliphatic carbocycles. The van der Waals surface area contributed by atoms with Gasteiger partial charge in [-0.1, -0.05) is 18.2 Å². The molecule has 3 nitrogen and oxygen atoms in total. The van der Waals surface area contributed by atoms with Crippen LogP contribution < -0.4 is 10.1 Å². The summed E-state index contributed by atoms with van der Waals surface area (Å²) in [7, 11) is 1.70. The van der Waals surface area contributed by atoms with E-state index in [9.17, 15) is 5.11 Å². The van der Waals surface area contributed by atoms with Crippen LogP contribution in [0.15, 0.2) is 24.3 Å². The second-order valence-corrected chi connectivity index (χ2v) is 5.12. The summed E-state index contributed by atoms with van der Waals surface area (Å²) in [5.74, 6) is 1.11. The zero-order chi connectivity index (χ0) is 11.8. The zero-order valence-electron chi connectivity index (χ0n) is 10.1. The Morgan fingerprint density at radius 3 is 2.94 bits per heavy atom. The Labute approximate surface area is 102 Å². The molecule has 2 saturated heterocycles. The molecule has 3 heteroatoms. The van der Waals surface area contributed by atoms with Gasteiger partial charge in [0.1, 0.15) is 5.75 Å². The van der Waals surface area contributed by atoms with Crippen molar-refractivity contribution in [3.8, 4) is 5.75 Å². The summed E-state index contributed by atoms with van der Waals surface area (Å²) in [6, 6.07) is 8.89. The quantitative estimate of drug-likeness (QED) is 0.816. The van der Waals surface area contributed by atoms with Gasteiger partial charge in [-0.2, -0.15) is 0 Å². The molecular weight excluding hydrogens is 214 g/mol. The molecule has 3 rings (SSSR count). The summed E-state index contributed by atoms with van der Waals surface area (Å²) in [5, 5.41) is 13.9. The minimum atomic E-state index is -0.287. The molecule has 92 valence electrons. The summed E-state index contributed by atoms with van der Waals surface area (Å²) in [6.45, 7) is 0. The van der Waals surface area contributed by atoms with Crippen LogP contribution in [-0.4, -0.2) is 30.4 Å². The summed E-state index contributed by atoms with van der Waals surface area (Å²) < 4.78 is 5.41. The lowest BCUT2D eigenvalue weighted by atomic mass is 9.83. The van der Waals surface area contributed by atoms with E-state index < -0.39 is 0 Å². The van der Waals surface area contributed by atoms with Crippen LogP contribution in [0.25, 0.3) is 0 Å². The van der Waals surface area contributed by atoms with Crippen molar-refractivity contribution in [2.45, 2.75) is 43.4 Å². The molecule has 0 saturated carbocycles. The van der Waals surface area contributed by atoms with Crippen molar-refractivity contribution >= 4 is 0 Å². The van der Waals surface area contributed by atoms with Gasteiger partial charge in [-0.3, -0.25) is 0 Å². The molecule has 0 amide bonds. The Bertz CT molecular complexity index is 407. The summed E-state index contributed by atoms with van der Waals surface area (Å²) in [5.41, 5.74) is 1.15. The minimum Gasteiger partial charge on any atom is -0.496 e. The van der Waals surface area contributed by atoms with Crippen molar-refractivity contribution in [1.82, 2.24) is 5.32 Å². The normalized spacial score (nSPS) is 35.9. The minimum absolute atomic E-state index is 0.213. The largest absolute Gasteiger partial charge is 0.496 e. The number of aliphatic hydroxyl groups excluding tert-OH is 1. The number of para-hydroxylation sites is 1. The molecule has 4 atom stereocenters. The van der Waals surface area contributed by atoms with Crippen molar-refractivity contribution in [2.75, 3.05) is 7.11 Å². The van der Waals surface area contributed by atoms with Crippen LogP contribution in [0.2, 0.25) is 0 Å². The smallest absolute Gasteiger partial charge is 0.122 e. The van der Waals surface area contributed by atoms with Gasteiger partial charge in [0, 0.05) is 18.0 Å². The molecule has 0 aromatic heterocycles. The van der Waals surface area contributed by atoms with Crippen LogP contribution >= 0.6 is 0 Å². The number of benzene rings is 1. The van der Waals surface area contributed by atoms with E-state index in [2.05, 4.69) is 11.4 Å². The molecule has 0 spiro atoms. The molecule has 2 aliphatic rings. The maximum absolute atomic E-state index is 10.4. The van der Waals surface area contributed by atoms with Crippen molar-refractivity contribution in [3.63, 3.8) is 0 Å². The van der Waals surface area contributed by atoms with Gasteiger partial charge in [-0.25, -0.2) is 0 Å². The van der Waals surface area contributed by atoms with E-state index in [0.29, 0.717) is 6.04 Å². The van der Waals surface area contributed by atoms with E-state index in [4.69, 9.17) is 4.74 Å². The van der Waals surface area contributed by atoms with Crippen molar-refractivity contribution in [1.29, 1.82) is 0 Å². The predicted molar refractivity (Wildman–Crippen MR) is 66.3 cm³/mol. The van der Waals surface area contributed by atoms with Crippen LogP contribution in [0, 0.1) is 0 Å². The molecule has 2 aliphatic heterocycles. The highest BCUT2D eigenvalue weighted by Gasteiger charge is 2.41. The van der Waals surface area contributed by atoms with Crippen LogP contribution in [0.3, 0.4) is 0 Å². The fraction of sp³-hybridized carbons (Fsp3) is 0.571. The summed E-state index contributed by atoms with van der Waals surface area (Å²) in [6.07, 6.45) is 3.01. The number of methoxy groups -OCH3 is 1. The molecule has 1 aromatic carbocycles. The van der Waals surface area contributed by atoms with E-state index in [0.717, 1.165) is 24.2 Å². The first kappa shape index (κ1) is 11.1. The van der Waals surface area contributed by atoms with Crippen molar-refractivity contribution < 1.29 is 9.84 Å². The Morgan fingerprint density at radius 1 is 1.29 bits per heavy atom. The molecular formula is C14H19NO2. The molecule has 2 N–H and O–H groups in total. The maximum Gasteiger partial charge on any atom is 0.122 e. The molecule has 1 aromatic rings. The van der Waals surface area contributed by atoms with Crippen LogP contribution in [-0.2, 0) is 0 Å². The fourth-order valence-corrected chi connectivity index (χ4v) is 3.32. The number of piperidine rings is 1. The first-order valence-electron chi connectivity index (χ1n) is 6.36. The lowest BCUT2D eigenvalue weighted by molar-refractivity contribution is 0.0796. The highest BCUT2D eigenvalue weighted by Crippen LogP contribution is 2.40. The first-order chi connectivity index (χ1) is 8.29. The number of nitrogens with one attached hydrogen (secondary N) is 1. The van der Waals surface area contributed by atoms with Gasteiger partial charge in [0.05, 0.1) is 13.2 Å². The Balaban J connectivity index is 1.93. The van der Waals surface area contributed by atoms with Crippen LogP contribution in [0.5, 0.6) is 5.75 Å². The number of fused-ring (bicyclic) bond motifs is 2. The lowest BCUT2D eigenvalue weighted by Crippen LogP contribution is -2.47. The third-order valence-electron chi connectivity index (χ3n) is 4.18. The molecule has 0 radical (unpaired) electrons. The van der Waals surface area contributed by atoms with Gasteiger partial charge in [-0.05, 0) is 30.9 Å². The van der Waals surface area contributed by atoms with E-state index in [1.54, 1.807) is 7.11 Å². The Hall–Kier alpha value is -1.06. The van der Waals surface area contributed by atoms with Gasteiger partial charge >= 0.3 is 0 Å². The Kier molecular flexibility index (Phi) is 2.81. The van der Waals surface area contributed by atoms with Gasteiger partial charge in [-0.15, -0.1) is 0 Å². The number of rotatable bonds is 2. The van der Waals surface area contributed by atoms with Gasteiger partial charge in [0.25, 0.3) is 0 Å². The van der Waals surface area contributed by atoms with Crippen LogP contribution in [0.1, 0.15) is 30.7 Å². The summed E-state index contributed by atoms with van der Waals surface area (Å²) in [4.78, 5) is 0. The molecule has 2 fully saturated rings. The highest BCUT2D eigenvalue weighted by molar-refractivity contribution is 5.38. The van der Waals surface area contributed by atoms with Gasteiger partial charge in [0.2, 0.25) is 0 Å². The number of hydrogen-bond donors (Lipinski definition) is 2. The first-order valence-corrected chi connectivity index (χ1v) is 6.36. The van der Waals surface area contributed by atoms with E-state index in [1.165, 1.54) is 6.42 Å². The van der Waals surface area contributed by atoms with E-state index in [1.807, 2.05) is 18.2 Å². The second-order valence-electron chi connectivity index (χ2n) is 5.12. The van der Waals surface area contributed by atoms with Crippen LogP contribution in [0.4, 0.5) is 0 Å². The van der Waals surface area contributed by atoms with E-state index in [-0.39, 0.29) is 18.1 Å². The summed E-state index contributed by atoms with van der Waals surface area (Å²) >= 11 is 0. The monoisotopic (exact) mass is 233 g/mol. The third kappa shape index (κ3) is 1.83. The molecule has 17 heavy (non-hydrogen) atoms. The standard InChI is InChI=1S/C14H19NO2/c1-17-13-5-3-2-4-10(13)11-8-9-6-7-12(15-9)14(11)16/h2-5,9,11-12,14-16H,6-8H2,1H3/t9-,11+,12-,14-/m1/s1. The SMILES string of the molecule is COc1ccccc1[C@@H]1C[C@H]2CC[C@@H](N2)[C@@H]1O. The van der Waals surface area contributed by atoms with Crippen molar-refractivity contribution in [2.24, 2.45) is 0 Å². The highest BCUT2D eigenvalue weighted by atomic mass is 16.5. The van der Waals surface area contributed by atoms with Gasteiger partial charge in [0.15, 0.2) is 0 Å². The van der Waals surface area contributed by atoms with E-state index >= 15 is 0 Å². The van der Waals surface area contributed by atoms with Gasteiger partial charge < -0.3 is 15.2 Å². The van der Waals surface area contributed by atoms with Crippen molar-refractivity contribution in [3.05, 3.63) is 29.8 Å². The number of aliphatic hydroxyl groups is 1. The number of ether oxygens (including phenoxy) is 1. The second kappa shape index (κ2) is 4.31.